The van der Waals surface area contributed by atoms with Gasteiger partial charge in [-0.15, -0.1) is 0 Å². The van der Waals surface area contributed by atoms with Gasteiger partial charge in [-0.2, -0.15) is 8.42 Å². The summed E-state index contributed by atoms with van der Waals surface area (Å²) >= 11 is 0. The Labute approximate surface area is 143 Å². The third-order valence-corrected chi connectivity index (χ3v) is 5.80. The molecule has 0 rings (SSSR count). The van der Waals surface area contributed by atoms with Gasteiger partial charge in [-0.25, -0.2) is 0 Å². The van der Waals surface area contributed by atoms with E-state index >= 15 is 0 Å². The van der Waals surface area contributed by atoms with Crippen molar-refractivity contribution in [2.24, 2.45) is 0 Å². The van der Waals surface area contributed by atoms with Crippen LogP contribution in [0.25, 0.3) is 0 Å². The fourth-order valence-corrected chi connectivity index (χ4v) is 4.00. The number of hydrogen-bond acceptors (Lipinski definition) is 3. The maximum absolute atomic E-state index is 11.2. The van der Waals surface area contributed by atoms with E-state index in [4.69, 9.17) is 4.55 Å². The number of hydrogen-bond donors (Lipinski definition) is 2. The lowest BCUT2D eigenvalue weighted by atomic mass is 10.0. The Bertz CT molecular complexity index is 354. The van der Waals surface area contributed by atoms with Crippen molar-refractivity contribution in [1.82, 2.24) is 0 Å². The van der Waals surface area contributed by atoms with Crippen molar-refractivity contribution in [2.45, 2.75) is 115 Å². The van der Waals surface area contributed by atoms with Gasteiger partial charge in [0, 0.05) is 0 Å². The lowest BCUT2D eigenvalue weighted by molar-refractivity contribution is 0.147. The highest BCUT2D eigenvalue weighted by atomic mass is 32.2. The summed E-state index contributed by atoms with van der Waals surface area (Å²) in [6, 6.07) is 0. The topological polar surface area (TPSA) is 74.6 Å². The largest absolute Gasteiger partial charge is 0.393 e. The predicted molar refractivity (Wildman–Crippen MR) is 97.3 cm³/mol. The predicted octanol–water partition coefficient (Wildman–Crippen LogP) is 5.10. The zero-order valence-electron chi connectivity index (χ0n) is 15.2. The van der Waals surface area contributed by atoms with Gasteiger partial charge in [-0.05, 0) is 25.7 Å². The summed E-state index contributed by atoms with van der Waals surface area (Å²) < 4.78 is 31.6. The molecule has 0 heterocycles. The van der Waals surface area contributed by atoms with Crippen LogP contribution in [0.2, 0.25) is 0 Å². The number of unbranched alkanes of at least 4 members (excludes halogenated alkanes) is 7. The Morgan fingerprint density at radius 2 is 1.17 bits per heavy atom. The van der Waals surface area contributed by atoms with Crippen molar-refractivity contribution < 1.29 is 18.1 Å². The highest BCUT2D eigenvalue weighted by molar-refractivity contribution is 7.86. The fraction of sp³-hybridized carbons (Fsp3) is 1.00. The van der Waals surface area contributed by atoms with Crippen LogP contribution < -0.4 is 0 Å². The highest BCUT2D eigenvalue weighted by Crippen LogP contribution is 2.17. The zero-order valence-corrected chi connectivity index (χ0v) is 16.0. The molecule has 0 aliphatic heterocycles. The minimum absolute atomic E-state index is 0.152. The molecule has 140 valence electrons. The van der Waals surface area contributed by atoms with Crippen LogP contribution in [0, 0.1) is 0 Å². The molecule has 0 fully saturated rings. The van der Waals surface area contributed by atoms with Crippen molar-refractivity contribution in [3.63, 3.8) is 0 Å². The molecule has 4 nitrogen and oxygen atoms in total. The molecule has 0 radical (unpaired) electrons. The van der Waals surface area contributed by atoms with Crippen molar-refractivity contribution >= 4 is 10.1 Å². The monoisotopic (exact) mass is 350 g/mol. The minimum Gasteiger partial charge on any atom is -0.393 e. The smallest absolute Gasteiger partial charge is 0.267 e. The van der Waals surface area contributed by atoms with E-state index in [-0.39, 0.29) is 6.10 Å². The Kier molecular flexibility index (Phi) is 14.2. The molecule has 2 N–H and O–H groups in total. The summed E-state index contributed by atoms with van der Waals surface area (Å²) in [5.74, 6) is 0. The van der Waals surface area contributed by atoms with Crippen molar-refractivity contribution in [2.75, 3.05) is 0 Å². The molecule has 0 saturated carbocycles. The molecule has 0 aliphatic carbocycles. The Balaban J connectivity index is 3.54. The molecule has 5 heteroatoms. The van der Waals surface area contributed by atoms with Gasteiger partial charge >= 0.3 is 0 Å². The van der Waals surface area contributed by atoms with Crippen LogP contribution in [-0.4, -0.2) is 29.4 Å². The van der Waals surface area contributed by atoms with Crippen LogP contribution in [0.15, 0.2) is 0 Å². The van der Waals surface area contributed by atoms with Gasteiger partial charge in [0.25, 0.3) is 10.1 Å². The van der Waals surface area contributed by atoms with E-state index in [0.717, 1.165) is 57.8 Å². The number of rotatable bonds is 16. The van der Waals surface area contributed by atoms with E-state index in [0.29, 0.717) is 12.8 Å². The zero-order chi connectivity index (χ0) is 17.6. The standard InChI is InChI=1S/C18H38O4S/c1-3-5-6-10-14-17(19)15-11-8-7-9-12-16-18(13-4-2)23(20,21)22/h17-19H,3-16H2,1-2H3,(H,20,21,22). The molecule has 0 aromatic carbocycles. The second-order valence-corrected chi connectivity index (χ2v) is 8.47. The van der Waals surface area contributed by atoms with E-state index < -0.39 is 15.4 Å². The molecule has 2 atom stereocenters. The molecule has 0 aromatic heterocycles. The van der Waals surface area contributed by atoms with Crippen molar-refractivity contribution in [3.8, 4) is 0 Å². The quantitative estimate of drug-likeness (QED) is 0.300. The summed E-state index contributed by atoms with van der Waals surface area (Å²) in [6.45, 7) is 4.13. The van der Waals surface area contributed by atoms with Gasteiger partial charge in [0.15, 0.2) is 0 Å². The summed E-state index contributed by atoms with van der Waals surface area (Å²) in [5, 5.41) is 9.29. The van der Waals surface area contributed by atoms with Gasteiger partial charge in [0.1, 0.15) is 0 Å². The summed E-state index contributed by atoms with van der Waals surface area (Å²) in [4.78, 5) is 0. The van der Waals surface area contributed by atoms with Gasteiger partial charge in [0.2, 0.25) is 0 Å². The molecule has 0 aliphatic rings. The van der Waals surface area contributed by atoms with Gasteiger partial charge in [-0.1, -0.05) is 78.1 Å². The normalized spacial score (nSPS) is 14.8. The van der Waals surface area contributed by atoms with E-state index in [1.165, 1.54) is 19.3 Å². The minimum atomic E-state index is -3.88. The molecular weight excluding hydrogens is 312 g/mol. The summed E-state index contributed by atoms with van der Waals surface area (Å²) in [6.07, 6.45) is 13.5. The SMILES string of the molecule is CCCCCCC(O)CCCCCCCC(CCC)S(=O)(=O)O. The number of aliphatic hydroxyl groups is 1. The Morgan fingerprint density at radius 3 is 1.65 bits per heavy atom. The first kappa shape index (κ1) is 22.9. The van der Waals surface area contributed by atoms with Crippen molar-refractivity contribution in [1.29, 1.82) is 0 Å². The van der Waals surface area contributed by atoms with E-state index in [9.17, 15) is 13.5 Å². The second-order valence-electron chi connectivity index (χ2n) is 6.77. The van der Waals surface area contributed by atoms with Crippen LogP contribution in [0.4, 0.5) is 0 Å². The van der Waals surface area contributed by atoms with Gasteiger partial charge in [-0.3, -0.25) is 4.55 Å². The van der Waals surface area contributed by atoms with E-state index in [2.05, 4.69) is 6.92 Å². The van der Waals surface area contributed by atoms with Crippen LogP contribution in [-0.2, 0) is 10.1 Å². The lowest BCUT2D eigenvalue weighted by Gasteiger charge is -2.12. The molecule has 2 unspecified atom stereocenters. The van der Waals surface area contributed by atoms with E-state index in [1.807, 2.05) is 6.92 Å². The second kappa shape index (κ2) is 14.2. The first-order valence-electron chi connectivity index (χ1n) is 9.56. The van der Waals surface area contributed by atoms with E-state index in [1.54, 1.807) is 0 Å². The summed E-state index contributed by atoms with van der Waals surface area (Å²) in [7, 11) is -3.88. The van der Waals surface area contributed by atoms with Gasteiger partial charge < -0.3 is 5.11 Å². The van der Waals surface area contributed by atoms with Crippen LogP contribution >= 0.6 is 0 Å². The highest BCUT2D eigenvalue weighted by Gasteiger charge is 2.21. The molecular formula is C18H38O4S. The Hall–Kier alpha value is -0.130. The molecule has 0 aromatic rings. The van der Waals surface area contributed by atoms with Crippen LogP contribution in [0.5, 0.6) is 0 Å². The van der Waals surface area contributed by atoms with Crippen LogP contribution in [0.3, 0.4) is 0 Å². The third-order valence-electron chi connectivity index (χ3n) is 4.49. The first-order chi connectivity index (χ1) is 10.9. The maximum atomic E-state index is 11.2. The number of aliphatic hydroxyl groups excluding tert-OH is 1. The average molecular weight is 351 g/mol. The Morgan fingerprint density at radius 1 is 0.696 bits per heavy atom. The third kappa shape index (κ3) is 14.0. The first-order valence-corrected chi connectivity index (χ1v) is 11.1. The van der Waals surface area contributed by atoms with Crippen molar-refractivity contribution in [3.05, 3.63) is 0 Å². The molecule has 23 heavy (non-hydrogen) atoms. The summed E-state index contributed by atoms with van der Waals surface area (Å²) in [5.41, 5.74) is 0. The lowest BCUT2D eigenvalue weighted by Crippen LogP contribution is -2.20. The molecule has 0 saturated heterocycles. The maximum Gasteiger partial charge on any atom is 0.267 e. The molecule has 0 bridgehead atoms. The average Bonchev–Trinajstić information content (AvgIpc) is 2.48. The van der Waals surface area contributed by atoms with Crippen LogP contribution in [0.1, 0.15) is 104 Å². The molecule has 0 amide bonds. The van der Waals surface area contributed by atoms with Gasteiger partial charge in [0.05, 0.1) is 11.4 Å². The molecule has 0 spiro atoms. The fourth-order valence-electron chi connectivity index (χ4n) is 3.00.